The molecule has 2 aromatic carbocycles. The van der Waals surface area contributed by atoms with Crippen LogP contribution in [0.1, 0.15) is 27.6 Å². The van der Waals surface area contributed by atoms with E-state index in [2.05, 4.69) is 0 Å². The molecule has 0 radical (unpaired) electrons. The number of methoxy groups -OCH3 is 1. The normalized spacial score (nSPS) is 19.4. The van der Waals surface area contributed by atoms with Crippen molar-refractivity contribution in [2.45, 2.75) is 12.7 Å². The van der Waals surface area contributed by atoms with Crippen molar-refractivity contribution in [3.63, 3.8) is 0 Å². The molecule has 4 rings (SSSR count). The van der Waals surface area contributed by atoms with Crippen LogP contribution in [0.5, 0.6) is 0 Å². The van der Waals surface area contributed by atoms with Gasteiger partial charge < -0.3 is 14.2 Å². The third-order valence-corrected chi connectivity index (χ3v) is 5.21. The molecule has 2 aliphatic rings. The number of carbonyl (C=O) groups excluding carboxylic acids is 3. The van der Waals surface area contributed by atoms with Crippen molar-refractivity contribution < 1.29 is 28.6 Å². The van der Waals surface area contributed by atoms with E-state index in [0.717, 1.165) is 10.3 Å². The Morgan fingerprint density at radius 3 is 2.56 bits per heavy atom. The Labute approximate surface area is 155 Å². The van der Waals surface area contributed by atoms with Crippen molar-refractivity contribution in [3.8, 4) is 0 Å². The van der Waals surface area contributed by atoms with E-state index in [4.69, 9.17) is 14.2 Å². The minimum absolute atomic E-state index is 0.177. The maximum absolute atomic E-state index is 13.1. The fourth-order valence-electron chi connectivity index (χ4n) is 3.73. The summed E-state index contributed by atoms with van der Waals surface area (Å²) in [5.41, 5.74) is 0.695. The van der Waals surface area contributed by atoms with Gasteiger partial charge in [-0.25, -0.2) is 0 Å². The first-order valence-electron chi connectivity index (χ1n) is 8.70. The molecule has 1 atom stereocenters. The molecular weight excluding hydrogens is 350 g/mol. The lowest BCUT2D eigenvalue weighted by atomic mass is 9.99. The van der Waals surface area contributed by atoms with Crippen LogP contribution >= 0.6 is 0 Å². The van der Waals surface area contributed by atoms with Crippen LogP contribution in [-0.2, 0) is 19.0 Å². The van der Waals surface area contributed by atoms with E-state index in [1.807, 2.05) is 30.3 Å². The van der Waals surface area contributed by atoms with Crippen molar-refractivity contribution in [1.82, 2.24) is 4.90 Å². The summed E-state index contributed by atoms with van der Waals surface area (Å²) >= 11 is 0. The molecule has 0 spiro atoms. The summed E-state index contributed by atoms with van der Waals surface area (Å²) < 4.78 is 16.0. The second-order valence-corrected chi connectivity index (χ2v) is 6.72. The molecule has 0 bridgehead atoms. The zero-order valence-corrected chi connectivity index (χ0v) is 15.1. The number of nitrogens with zero attached hydrogens (tertiary/aromatic N) is 1. The molecule has 2 heterocycles. The number of esters is 1. The third kappa shape index (κ3) is 2.70. The van der Waals surface area contributed by atoms with Crippen LogP contribution < -0.4 is 0 Å². The predicted molar refractivity (Wildman–Crippen MR) is 95.1 cm³/mol. The van der Waals surface area contributed by atoms with Gasteiger partial charge >= 0.3 is 5.97 Å². The van der Waals surface area contributed by atoms with Crippen molar-refractivity contribution in [1.29, 1.82) is 0 Å². The Kier molecular flexibility index (Phi) is 4.20. The Balaban J connectivity index is 1.71. The first-order chi connectivity index (χ1) is 13.0. The van der Waals surface area contributed by atoms with Crippen LogP contribution in [0.2, 0.25) is 0 Å². The molecule has 1 unspecified atom stereocenters. The maximum atomic E-state index is 13.1. The van der Waals surface area contributed by atoms with Crippen molar-refractivity contribution >= 4 is 28.6 Å². The summed E-state index contributed by atoms with van der Waals surface area (Å²) in [5.74, 6) is -3.65. The first kappa shape index (κ1) is 17.6. The quantitative estimate of drug-likeness (QED) is 0.606. The van der Waals surface area contributed by atoms with Gasteiger partial charge in [-0.05, 0) is 23.8 Å². The van der Waals surface area contributed by atoms with Crippen LogP contribution in [-0.4, -0.2) is 55.3 Å². The lowest BCUT2D eigenvalue weighted by Crippen LogP contribution is -2.49. The molecule has 2 aliphatic heterocycles. The van der Waals surface area contributed by atoms with E-state index in [1.54, 1.807) is 13.0 Å². The minimum Gasteiger partial charge on any atom is -0.469 e. The fraction of sp³-hybridized carbons (Fsp3) is 0.350. The largest absolute Gasteiger partial charge is 0.469 e. The fourth-order valence-corrected chi connectivity index (χ4v) is 3.73. The summed E-state index contributed by atoms with van der Waals surface area (Å²) in [6, 6.07) is 10.8. The molecule has 0 N–H and O–H groups in total. The molecule has 2 aromatic rings. The average molecular weight is 369 g/mol. The standard InChI is InChI=1S/C20H19NO6/c1-20(26-9-10-27-20)15(19(24)25-2)11-21-17(22)14-8-7-12-5-3-4-6-13(12)16(14)18(21)23/h3-8,15H,9-11H2,1-2H3. The number of amides is 2. The molecule has 7 heteroatoms. The SMILES string of the molecule is COC(=O)C(CN1C(=O)c2ccc3ccccc3c2C1=O)C1(C)OCCO1. The number of rotatable bonds is 4. The number of benzene rings is 2. The van der Waals surface area contributed by atoms with Gasteiger partial charge in [0, 0.05) is 6.54 Å². The van der Waals surface area contributed by atoms with Gasteiger partial charge in [-0.1, -0.05) is 30.3 Å². The van der Waals surface area contributed by atoms with Crippen LogP contribution in [0.25, 0.3) is 10.8 Å². The second-order valence-electron chi connectivity index (χ2n) is 6.72. The number of hydrogen-bond donors (Lipinski definition) is 0. The van der Waals surface area contributed by atoms with Crippen molar-refractivity contribution in [3.05, 3.63) is 47.5 Å². The molecule has 27 heavy (non-hydrogen) atoms. The van der Waals surface area contributed by atoms with E-state index in [0.29, 0.717) is 29.7 Å². The monoisotopic (exact) mass is 369 g/mol. The van der Waals surface area contributed by atoms with Gasteiger partial charge in [0.1, 0.15) is 5.92 Å². The van der Waals surface area contributed by atoms with Gasteiger partial charge in [0.2, 0.25) is 0 Å². The highest BCUT2D eigenvalue weighted by Crippen LogP contribution is 2.34. The van der Waals surface area contributed by atoms with Gasteiger partial charge in [0.05, 0.1) is 31.5 Å². The number of imide groups is 1. The van der Waals surface area contributed by atoms with Gasteiger partial charge in [-0.2, -0.15) is 0 Å². The molecule has 7 nitrogen and oxygen atoms in total. The molecule has 1 fully saturated rings. The van der Waals surface area contributed by atoms with E-state index < -0.39 is 29.5 Å². The van der Waals surface area contributed by atoms with E-state index >= 15 is 0 Å². The van der Waals surface area contributed by atoms with Gasteiger partial charge in [-0.3, -0.25) is 19.3 Å². The van der Waals surface area contributed by atoms with Gasteiger partial charge in [-0.15, -0.1) is 0 Å². The maximum Gasteiger partial charge on any atom is 0.315 e. The summed E-state index contributed by atoms with van der Waals surface area (Å²) in [7, 11) is 1.25. The second kappa shape index (κ2) is 6.44. The summed E-state index contributed by atoms with van der Waals surface area (Å²) in [5, 5.41) is 1.59. The highest BCUT2D eigenvalue weighted by molar-refractivity contribution is 6.26. The van der Waals surface area contributed by atoms with Gasteiger partial charge in [0.25, 0.3) is 11.8 Å². The van der Waals surface area contributed by atoms with Crippen LogP contribution in [0.4, 0.5) is 0 Å². The van der Waals surface area contributed by atoms with E-state index in [-0.39, 0.29) is 6.54 Å². The first-order valence-corrected chi connectivity index (χ1v) is 8.70. The molecule has 1 saturated heterocycles. The zero-order valence-electron chi connectivity index (χ0n) is 15.1. The average Bonchev–Trinajstić information content (AvgIpc) is 3.22. The molecule has 0 saturated carbocycles. The van der Waals surface area contributed by atoms with Crippen LogP contribution in [0.3, 0.4) is 0 Å². The number of carbonyl (C=O) groups is 3. The Morgan fingerprint density at radius 2 is 1.85 bits per heavy atom. The molecule has 140 valence electrons. The van der Waals surface area contributed by atoms with E-state index in [1.165, 1.54) is 7.11 Å². The molecule has 0 aromatic heterocycles. The Morgan fingerprint density at radius 1 is 1.15 bits per heavy atom. The lowest BCUT2D eigenvalue weighted by molar-refractivity contribution is -0.199. The van der Waals surface area contributed by atoms with Crippen molar-refractivity contribution in [2.75, 3.05) is 26.9 Å². The Hall–Kier alpha value is -2.77. The van der Waals surface area contributed by atoms with Crippen LogP contribution in [0.15, 0.2) is 36.4 Å². The summed E-state index contributed by atoms with van der Waals surface area (Å²) in [6.07, 6.45) is 0. The summed E-state index contributed by atoms with van der Waals surface area (Å²) in [4.78, 5) is 39.4. The Bertz CT molecular complexity index is 947. The summed E-state index contributed by atoms with van der Waals surface area (Å²) in [6.45, 7) is 2.10. The highest BCUT2D eigenvalue weighted by Gasteiger charge is 2.49. The minimum atomic E-state index is -1.25. The van der Waals surface area contributed by atoms with E-state index in [9.17, 15) is 14.4 Å². The molecule has 0 aliphatic carbocycles. The highest BCUT2D eigenvalue weighted by atomic mass is 16.7. The number of fused-ring (bicyclic) bond motifs is 3. The zero-order chi connectivity index (χ0) is 19.2. The van der Waals surface area contributed by atoms with Gasteiger partial charge in [0.15, 0.2) is 5.79 Å². The lowest BCUT2D eigenvalue weighted by Gasteiger charge is -2.32. The number of ether oxygens (including phenoxy) is 3. The van der Waals surface area contributed by atoms with Crippen LogP contribution in [0, 0.1) is 5.92 Å². The van der Waals surface area contributed by atoms with Crippen molar-refractivity contribution in [2.24, 2.45) is 5.92 Å². The predicted octanol–water partition coefficient (Wildman–Crippen LogP) is 1.99. The molecule has 2 amide bonds. The molecular formula is C20H19NO6. The number of hydrogen-bond acceptors (Lipinski definition) is 6. The smallest absolute Gasteiger partial charge is 0.315 e. The third-order valence-electron chi connectivity index (χ3n) is 5.21. The topological polar surface area (TPSA) is 82.1 Å².